The van der Waals surface area contributed by atoms with Gasteiger partial charge in [-0.25, -0.2) is 0 Å². The van der Waals surface area contributed by atoms with Gasteiger partial charge in [-0.1, -0.05) is 36.4 Å². The summed E-state index contributed by atoms with van der Waals surface area (Å²) in [6.07, 6.45) is 10.5. The van der Waals surface area contributed by atoms with E-state index in [1.165, 1.54) is 6.07 Å². The predicted octanol–water partition coefficient (Wildman–Crippen LogP) is 5.40. The van der Waals surface area contributed by atoms with Crippen LogP contribution in [0.15, 0.2) is 60.7 Å². The van der Waals surface area contributed by atoms with E-state index in [0.29, 0.717) is 5.92 Å². The van der Waals surface area contributed by atoms with Crippen molar-refractivity contribution in [3.8, 4) is 0 Å². The summed E-state index contributed by atoms with van der Waals surface area (Å²) in [5, 5.41) is 23.2. The van der Waals surface area contributed by atoms with Crippen LogP contribution in [0.2, 0.25) is 0 Å². The molecule has 4 aliphatic rings. The Labute approximate surface area is 179 Å². The topological polar surface area (TPSA) is 89.5 Å². The third-order valence-electron chi connectivity index (χ3n) is 7.47. The Balaban J connectivity index is 1.58. The van der Waals surface area contributed by atoms with Gasteiger partial charge in [-0.05, 0) is 41.4 Å². The van der Waals surface area contributed by atoms with Crippen LogP contribution in [0.25, 0.3) is 0 Å². The average molecular weight is 415 g/mol. The zero-order chi connectivity index (χ0) is 21.3. The summed E-state index contributed by atoms with van der Waals surface area (Å²) in [4.78, 5) is 24.9. The summed E-state index contributed by atoms with van der Waals surface area (Å²) in [6, 6.07) is 10.5. The summed E-state index contributed by atoms with van der Waals surface area (Å²) in [7, 11) is 0. The van der Waals surface area contributed by atoms with Crippen LogP contribution in [0.4, 0.5) is 17.1 Å². The average Bonchev–Trinajstić information content (AvgIpc) is 3.43. The standard InChI is InChI=1S/C24H21N3O4/c28-26(29)16-6-1-4-14(10-16)23-20-9-3-8-19(20)22-12-17(27(30)31)11-21-18-7-2-5-15(18)13-25(23)24(21)22/h1-4,6-8,10-12,15,18-20,23H,5,9,13H2/t15-,18+,19-,20+,23-/m0/s1. The zero-order valence-electron chi connectivity index (χ0n) is 16.8. The van der Waals surface area contributed by atoms with Crippen LogP contribution in [-0.4, -0.2) is 16.4 Å². The molecule has 0 radical (unpaired) electrons. The van der Waals surface area contributed by atoms with Gasteiger partial charge in [0.2, 0.25) is 0 Å². The van der Waals surface area contributed by atoms with Crippen molar-refractivity contribution in [1.29, 1.82) is 0 Å². The Morgan fingerprint density at radius 3 is 2.35 bits per heavy atom. The van der Waals surface area contributed by atoms with Gasteiger partial charge in [0.25, 0.3) is 11.4 Å². The summed E-state index contributed by atoms with van der Waals surface area (Å²) < 4.78 is 0. The van der Waals surface area contributed by atoms with Gasteiger partial charge < -0.3 is 4.90 Å². The molecule has 5 atom stereocenters. The molecule has 2 aliphatic heterocycles. The lowest BCUT2D eigenvalue weighted by Gasteiger charge is -2.51. The minimum Gasteiger partial charge on any atom is -0.363 e. The van der Waals surface area contributed by atoms with E-state index >= 15 is 0 Å². The van der Waals surface area contributed by atoms with Gasteiger partial charge in [0, 0.05) is 48.3 Å². The molecule has 0 aromatic heterocycles. The van der Waals surface area contributed by atoms with Crippen LogP contribution >= 0.6 is 0 Å². The Morgan fingerprint density at radius 2 is 1.58 bits per heavy atom. The first-order valence-electron chi connectivity index (χ1n) is 10.7. The Morgan fingerprint density at radius 1 is 0.871 bits per heavy atom. The minimum absolute atomic E-state index is 0.00848. The van der Waals surface area contributed by atoms with Crippen molar-refractivity contribution < 1.29 is 9.85 Å². The number of nitrogens with zero attached hydrogens (tertiary/aromatic N) is 3. The highest BCUT2D eigenvalue weighted by Gasteiger charge is 2.48. The Hall–Kier alpha value is -3.48. The van der Waals surface area contributed by atoms with E-state index in [1.807, 2.05) is 6.07 Å². The summed E-state index contributed by atoms with van der Waals surface area (Å²) in [6.45, 7) is 0.853. The van der Waals surface area contributed by atoms with Crippen LogP contribution in [0.3, 0.4) is 0 Å². The molecule has 2 aromatic rings. The van der Waals surface area contributed by atoms with Crippen molar-refractivity contribution in [2.75, 3.05) is 11.4 Å². The fourth-order valence-electron chi connectivity index (χ4n) is 6.27. The fraction of sp³-hybridized carbons (Fsp3) is 0.333. The summed E-state index contributed by atoms with van der Waals surface area (Å²) in [5.74, 6) is 0.846. The maximum absolute atomic E-state index is 11.7. The van der Waals surface area contributed by atoms with E-state index in [-0.39, 0.29) is 45.0 Å². The minimum atomic E-state index is -0.341. The third-order valence-corrected chi connectivity index (χ3v) is 7.47. The highest BCUT2D eigenvalue weighted by Crippen LogP contribution is 2.59. The zero-order valence-corrected chi connectivity index (χ0v) is 16.8. The van der Waals surface area contributed by atoms with Crippen molar-refractivity contribution in [2.24, 2.45) is 11.8 Å². The monoisotopic (exact) mass is 415 g/mol. The molecule has 0 N–H and O–H groups in total. The molecule has 2 aromatic carbocycles. The molecule has 7 heteroatoms. The molecule has 156 valence electrons. The van der Waals surface area contributed by atoms with Crippen molar-refractivity contribution in [3.05, 3.63) is 97.6 Å². The van der Waals surface area contributed by atoms with Crippen molar-refractivity contribution >= 4 is 17.1 Å². The van der Waals surface area contributed by atoms with Crippen LogP contribution < -0.4 is 4.90 Å². The molecule has 0 amide bonds. The smallest absolute Gasteiger partial charge is 0.270 e. The molecule has 7 nitrogen and oxygen atoms in total. The van der Waals surface area contributed by atoms with Gasteiger partial charge in [0.15, 0.2) is 0 Å². The normalized spacial score (nSPS) is 29.4. The summed E-state index contributed by atoms with van der Waals surface area (Å²) in [5.41, 5.74) is 4.37. The number of hydrogen-bond donors (Lipinski definition) is 0. The number of non-ortho nitro benzene ring substituents is 2. The number of anilines is 1. The molecule has 0 unspecified atom stereocenters. The van der Waals surface area contributed by atoms with E-state index in [4.69, 9.17) is 0 Å². The molecule has 31 heavy (non-hydrogen) atoms. The van der Waals surface area contributed by atoms with E-state index in [1.54, 1.807) is 24.3 Å². The first kappa shape index (κ1) is 18.3. The molecular weight excluding hydrogens is 394 g/mol. The van der Waals surface area contributed by atoms with Crippen LogP contribution in [-0.2, 0) is 0 Å². The second kappa shape index (κ2) is 6.51. The number of nitro groups is 2. The molecule has 0 spiro atoms. The molecule has 0 fully saturated rings. The van der Waals surface area contributed by atoms with Crippen LogP contribution in [0, 0.1) is 32.1 Å². The number of nitro benzene ring substituents is 2. The maximum Gasteiger partial charge on any atom is 0.270 e. The number of allylic oxidation sites excluding steroid dienone is 4. The molecule has 0 saturated carbocycles. The second-order valence-electron chi connectivity index (χ2n) is 8.98. The Kier molecular flexibility index (Phi) is 3.84. The van der Waals surface area contributed by atoms with E-state index < -0.39 is 0 Å². The molecule has 0 saturated heterocycles. The predicted molar refractivity (Wildman–Crippen MR) is 116 cm³/mol. The largest absolute Gasteiger partial charge is 0.363 e. The molecule has 6 rings (SSSR count). The number of fused-ring (bicyclic) bond motifs is 4. The quantitative estimate of drug-likeness (QED) is 0.380. The van der Waals surface area contributed by atoms with E-state index in [0.717, 1.165) is 41.8 Å². The van der Waals surface area contributed by atoms with Crippen molar-refractivity contribution in [2.45, 2.75) is 30.7 Å². The van der Waals surface area contributed by atoms with Gasteiger partial charge in [-0.2, -0.15) is 0 Å². The molecule has 0 bridgehead atoms. The van der Waals surface area contributed by atoms with Gasteiger partial charge in [0.1, 0.15) is 0 Å². The lowest BCUT2D eigenvalue weighted by molar-refractivity contribution is -0.385. The van der Waals surface area contributed by atoms with Crippen LogP contribution in [0.5, 0.6) is 0 Å². The number of benzene rings is 2. The summed E-state index contributed by atoms with van der Waals surface area (Å²) >= 11 is 0. The molecular formula is C24H21N3O4. The van der Waals surface area contributed by atoms with E-state index in [2.05, 4.69) is 29.2 Å². The highest BCUT2D eigenvalue weighted by molar-refractivity contribution is 5.72. The maximum atomic E-state index is 11.7. The number of rotatable bonds is 3. The Bertz CT molecular complexity index is 1170. The first-order chi connectivity index (χ1) is 15.0. The van der Waals surface area contributed by atoms with Crippen molar-refractivity contribution in [1.82, 2.24) is 0 Å². The second-order valence-corrected chi connectivity index (χ2v) is 8.98. The molecule has 2 heterocycles. The third kappa shape index (κ3) is 2.59. The highest BCUT2D eigenvalue weighted by atomic mass is 16.6. The fourth-order valence-corrected chi connectivity index (χ4v) is 6.27. The lowest BCUT2D eigenvalue weighted by atomic mass is 9.70. The SMILES string of the molecule is O=[N+]([O-])c1cccc([C@H]2[C@@H]3CC=C[C@@H]3c3cc([N+](=O)[O-])cc4c3N2C[C@@H]2CC=C[C@@H]42)c1. The van der Waals surface area contributed by atoms with Gasteiger partial charge in [0.05, 0.1) is 15.9 Å². The lowest BCUT2D eigenvalue weighted by Crippen LogP contribution is -2.46. The van der Waals surface area contributed by atoms with Gasteiger partial charge >= 0.3 is 0 Å². The van der Waals surface area contributed by atoms with Gasteiger partial charge in [-0.15, -0.1) is 0 Å². The number of hydrogen-bond acceptors (Lipinski definition) is 5. The van der Waals surface area contributed by atoms with Crippen LogP contribution in [0.1, 0.15) is 47.4 Å². The first-order valence-corrected chi connectivity index (χ1v) is 10.7. The van der Waals surface area contributed by atoms with Crippen molar-refractivity contribution in [3.63, 3.8) is 0 Å². The molecule has 2 aliphatic carbocycles. The van der Waals surface area contributed by atoms with E-state index in [9.17, 15) is 20.2 Å². The van der Waals surface area contributed by atoms with Gasteiger partial charge in [-0.3, -0.25) is 20.2 Å².